The van der Waals surface area contributed by atoms with Crippen LogP contribution in [0.5, 0.6) is 0 Å². The minimum Gasteiger partial charge on any atom is -0.378 e. The minimum absolute atomic E-state index is 0.122. The van der Waals surface area contributed by atoms with Crippen LogP contribution in [-0.4, -0.2) is 217 Å². The van der Waals surface area contributed by atoms with Gasteiger partial charge in [-0.1, -0.05) is 6.92 Å². The number of anilines is 8. The van der Waals surface area contributed by atoms with Gasteiger partial charge in [-0.15, -0.1) is 0 Å². The fourth-order valence-electron chi connectivity index (χ4n) is 12.2. The monoisotopic (exact) mass is 1210 g/mol. The number of carbonyl (C=O) groups excluding carboxylic acids is 4. The Kier molecular flexibility index (Phi) is 19.3. The number of morpholine rings is 2. The summed E-state index contributed by atoms with van der Waals surface area (Å²) in [6, 6.07) is 27.0. The van der Waals surface area contributed by atoms with E-state index in [1.54, 1.807) is 72.8 Å². The first-order valence-corrected chi connectivity index (χ1v) is 31.9. The molecule has 0 atom stereocenters. The van der Waals surface area contributed by atoms with Gasteiger partial charge in [0.05, 0.1) is 37.8 Å². The number of piperazine rings is 2. The lowest BCUT2D eigenvalue weighted by Crippen LogP contribution is -2.54. The lowest BCUT2D eigenvalue weighted by Gasteiger charge is -2.37. The molecule has 12 rings (SSSR count). The topological polar surface area (TPSA) is 221 Å². The number of piperidine rings is 2. The van der Waals surface area contributed by atoms with Crippen molar-refractivity contribution in [2.75, 3.05) is 178 Å². The predicted molar refractivity (Wildman–Crippen MR) is 345 cm³/mol. The molecule has 0 spiro atoms. The average Bonchev–Trinajstić information content (AvgIpc) is 2.76. The highest BCUT2D eigenvalue weighted by Crippen LogP contribution is 2.31. The van der Waals surface area contributed by atoms with Gasteiger partial charge in [-0.25, -0.2) is 9.59 Å². The van der Waals surface area contributed by atoms with Crippen LogP contribution in [0.15, 0.2) is 97.1 Å². The number of nitrogens with one attached hydrogen (secondary N) is 2. The van der Waals surface area contributed by atoms with E-state index >= 15 is 9.59 Å². The van der Waals surface area contributed by atoms with E-state index in [1.807, 2.05) is 34.1 Å². The van der Waals surface area contributed by atoms with Crippen LogP contribution >= 0.6 is 0 Å². The normalized spacial score (nSPS) is 18.0. The van der Waals surface area contributed by atoms with Crippen molar-refractivity contribution in [1.29, 1.82) is 0 Å². The van der Waals surface area contributed by atoms with Crippen LogP contribution in [0.25, 0.3) is 22.8 Å². The smallest absolute Gasteiger partial charge is 0.345 e. The Morgan fingerprint density at radius 1 is 0.427 bits per heavy atom. The second-order valence-corrected chi connectivity index (χ2v) is 23.7. The number of hydrazine groups is 1. The number of ether oxygens (including phenoxy) is 2. The lowest BCUT2D eigenvalue weighted by atomic mass is 10.1. The fraction of sp³-hybridized carbons (Fsp3) is 0.477. The maximum atomic E-state index is 15.5. The van der Waals surface area contributed by atoms with Gasteiger partial charge < -0.3 is 54.4 Å². The molecule has 6 aliphatic heterocycles. The van der Waals surface area contributed by atoms with Gasteiger partial charge in [-0.2, -0.15) is 39.9 Å². The number of amides is 6. The number of hydrogen-bond donors (Lipinski definition) is 2. The lowest BCUT2D eigenvalue weighted by molar-refractivity contribution is 0.0595. The van der Waals surface area contributed by atoms with Crippen molar-refractivity contribution in [2.45, 2.75) is 65.3 Å². The van der Waals surface area contributed by atoms with Crippen LogP contribution in [0, 0.1) is 0 Å². The van der Waals surface area contributed by atoms with Crippen molar-refractivity contribution < 1.29 is 28.7 Å². The summed E-state index contributed by atoms with van der Waals surface area (Å²) in [4.78, 5) is 106. The molecule has 0 saturated carbocycles. The molecule has 2 N–H and O–H groups in total. The maximum absolute atomic E-state index is 15.5. The molecule has 0 radical (unpaired) electrons. The average molecular weight is 1210 g/mol. The van der Waals surface area contributed by atoms with E-state index in [-0.39, 0.29) is 23.2 Å². The summed E-state index contributed by atoms with van der Waals surface area (Å²) in [5.74, 6) is 3.22. The number of benzene rings is 4. The Morgan fingerprint density at radius 3 is 1.12 bits per heavy atom. The van der Waals surface area contributed by atoms with E-state index in [0.717, 1.165) is 102 Å². The standard InChI is InChI=1S/C65H82N18O6/c1-4-74-31-33-76(34-32-74)58(84)50-15-23-54(24-16-50)82(64(86)66-52-19-11-48(12-20-52)56-68-60(78-27-7-5-8-28-78)72-62(70-56)80-39-43-88-44-40-80)83(55-25-17-51(18-26-55)59(85)77-37-35-75(36-38-77)47(2)3)65(87)67-53-21-13-49(14-22-53)57-69-61(79-29-9-6-10-30-79)73-63(71-57)81-41-45-89-46-42-81/h11-26,47H,4-10,27-46H2,1-3H3,(H,66,86)(H,67,87). The Balaban J connectivity index is 0.878. The predicted octanol–water partition coefficient (Wildman–Crippen LogP) is 7.68. The van der Waals surface area contributed by atoms with Gasteiger partial charge >= 0.3 is 12.1 Å². The van der Waals surface area contributed by atoms with Gasteiger partial charge in [0.15, 0.2) is 11.6 Å². The first kappa shape index (κ1) is 60.7. The number of likely N-dealkylation sites (N-methyl/N-ethyl adjacent to an activating group) is 1. The number of aromatic nitrogens is 6. The SMILES string of the molecule is CCN1CCN(C(=O)c2ccc(N(C(=O)Nc3ccc(-c4nc(N5CCCCC5)nc(N5CCOCC5)n4)cc3)N(C(=O)Nc3ccc(-c4nc(N5CCCCC5)nc(N5CCOCC5)n4)cc3)c3ccc(C(=O)N4CCN(C(C)C)CC4)cc3)cc2)CC1. The van der Waals surface area contributed by atoms with E-state index in [4.69, 9.17) is 39.4 Å². The summed E-state index contributed by atoms with van der Waals surface area (Å²) in [5, 5.41) is 8.67. The molecule has 0 unspecified atom stereocenters. The van der Waals surface area contributed by atoms with Gasteiger partial charge in [0, 0.05) is 144 Å². The zero-order chi connectivity index (χ0) is 61.2. The van der Waals surface area contributed by atoms with E-state index in [1.165, 1.54) is 16.4 Å². The number of carbonyl (C=O) groups is 4. The van der Waals surface area contributed by atoms with Gasteiger partial charge in [0.25, 0.3) is 11.8 Å². The molecule has 0 bridgehead atoms. The summed E-state index contributed by atoms with van der Waals surface area (Å²) >= 11 is 0. The first-order valence-electron chi connectivity index (χ1n) is 31.9. The fourth-order valence-corrected chi connectivity index (χ4v) is 12.2. The molecular formula is C65H82N18O6. The molecule has 6 amide bonds. The summed E-state index contributed by atoms with van der Waals surface area (Å²) in [6.07, 6.45) is 6.57. The van der Waals surface area contributed by atoms with Crippen LogP contribution in [0.4, 0.5) is 56.1 Å². The third-order valence-electron chi connectivity index (χ3n) is 17.6. The van der Waals surface area contributed by atoms with Crippen LogP contribution in [0.1, 0.15) is 80.0 Å². The minimum atomic E-state index is -0.696. The second kappa shape index (κ2) is 28.3. The van der Waals surface area contributed by atoms with Crippen LogP contribution in [0.2, 0.25) is 0 Å². The highest BCUT2D eigenvalue weighted by atomic mass is 16.5. The van der Waals surface area contributed by atoms with Crippen LogP contribution < -0.4 is 40.3 Å². The molecule has 6 saturated heterocycles. The molecule has 0 aliphatic carbocycles. The summed E-state index contributed by atoms with van der Waals surface area (Å²) < 4.78 is 11.3. The highest BCUT2D eigenvalue weighted by molar-refractivity contribution is 6.13. The molecular weight excluding hydrogens is 1130 g/mol. The quantitative estimate of drug-likeness (QED) is 0.0999. The van der Waals surface area contributed by atoms with Crippen LogP contribution in [-0.2, 0) is 9.47 Å². The van der Waals surface area contributed by atoms with Crippen molar-refractivity contribution >= 4 is 70.4 Å². The van der Waals surface area contributed by atoms with E-state index in [2.05, 4.69) is 60.8 Å². The van der Waals surface area contributed by atoms with Gasteiger partial charge in [0.1, 0.15) is 0 Å². The molecule has 6 aromatic rings. The molecule has 89 heavy (non-hydrogen) atoms. The molecule has 468 valence electrons. The van der Waals surface area contributed by atoms with Gasteiger partial charge in [-0.05, 0) is 156 Å². The molecule has 24 heteroatoms. The molecule has 6 fully saturated rings. The zero-order valence-electron chi connectivity index (χ0n) is 51.5. The third kappa shape index (κ3) is 14.5. The summed E-state index contributed by atoms with van der Waals surface area (Å²) in [7, 11) is 0. The van der Waals surface area contributed by atoms with Crippen molar-refractivity contribution in [2.24, 2.45) is 0 Å². The second-order valence-electron chi connectivity index (χ2n) is 23.7. The van der Waals surface area contributed by atoms with E-state index in [9.17, 15) is 9.59 Å². The largest absolute Gasteiger partial charge is 0.378 e. The summed E-state index contributed by atoms with van der Waals surface area (Å²) in [6.45, 7) is 21.2. The Bertz CT molecular complexity index is 3300. The number of urea groups is 2. The molecule has 2 aromatic heterocycles. The Labute approximate surface area is 520 Å². The molecule has 8 heterocycles. The highest BCUT2D eigenvalue weighted by Gasteiger charge is 2.33. The molecule has 6 aliphatic rings. The van der Waals surface area contributed by atoms with E-state index in [0.29, 0.717) is 143 Å². The zero-order valence-corrected chi connectivity index (χ0v) is 51.5. The molecule has 4 aromatic carbocycles. The number of nitrogens with zero attached hydrogens (tertiary/aromatic N) is 16. The maximum Gasteiger partial charge on any atom is 0.345 e. The van der Waals surface area contributed by atoms with E-state index < -0.39 is 12.1 Å². The van der Waals surface area contributed by atoms with Crippen molar-refractivity contribution in [3.8, 4) is 22.8 Å². The Hall–Kier alpha value is -8.58. The van der Waals surface area contributed by atoms with Crippen LogP contribution in [0.3, 0.4) is 0 Å². The van der Waals surface area contributed by atoms with Crippen molar-refractivity contribution in [3.05, 3.63) is 108 Å². The number of hydrogen-bond acceptors (Lipinski definition) is 18. The first-order chi connectivity index (χ1) is 43.5. The Morgan fingerprint density at radius 2 is 0.775 bits per heavy atom. The summed E-state index contributed by atoms with van der Waals surface area (Å²) in [5.41, 5.74) is 3.75. The van der Waals surface area contributed by atoms with Crippen molar-refractivity contribution in [1.82, 2.24) is 49.5 Å². The third-order valence-corrected chi connectivity index (χ3v) is 17.6. The van der Waals surface area contributed by atoms with Gasteiger partial charge in [-0.3, -0.25) is 14.5 Å². The van der Waals surface area contributed by atoms with Gasteiger partial charge in [0.2, 0.25) is 23.8 Å². The van der Waals surface area contributed by atoms with Crippen molar-refractivity contribution in [3.63, 3.8) is 0 Å². The number of rotatable bonds is 14. The molecule has 24 nitrogen and oxygen atoms in total.